The van der Waals surface area contributed by atoms with Gasteiger partial charge >= 0.3 is 0 Å². The van der Waals surface area contributed by atoms with Crippen molar-refractivity contribution in [2.24, 2.45) is 5.10 Å². The van der Waals surface area contributed by atoms with Crippen molar-refractivity contribution in [2.75, 3.05) is 43.0 Å². The molecule has 1 aliphatic rings. The van der Waals surface area contributed by atoms with Gasteiger partial charge in [-0.3, -0.25) is 5.43 Å². The molecule has 0 bridgehead atoms. The van der Waals surface area contributed by atoms with Crippen LogP contribution in [0.2, 0.25) is 0 Å². The summed E-state index contributed by atoms with van der Waals surface area (Å²) in [6.45, 7) is 9.10. The maximum Gasteiger partial charge on any atom is 0.147 e. The zero-order chi connectivity index (χ0) is 17.6. The summed E-state index contributed by atoms with van der Waals surface area (Å²) in [4.78, 5) is 7.87. The fraction of sp³-hybridized carbons (Fsp3) is 0.368. The van der Waals surface area contributed by atoms with Crippen LogP contribution in [0.1, 0.15) is 19.4 Å². The van der Waals surface area contributed by atoms with E-state index < -0.39 is 0 Å². The number of aromatic nitrogens is 1. The van der Waals surface area contributed by atoms with E-state index in [9.17, 15) is 4.39 Å². The second-order valence-electron chi connectivity index (χ2n) is 6.28. The van der Waals surface area contributed by atoms with Gasteiger partial charge < -0.3 is 9.80 Å². The Bertz CT molecular complexity index is 724. The van der Waals surface area contributed by atoms with Crippen molar-refractivity contribution in [1.29, 1.82) is 0 Å². The molecule has 2 N–H and O–H groups in total. The minimum Gasteiger partial charge on any atom is -0.358 e. The third-order valence-electron chi connectivity index (χ3n) is 4.68. The van der Waals surface area contributed by atoms with Gasteiger partial charge in [0.15, 0.2) is 0 Å². The molecule has 5 nitrogen and oxygen atoms in total. The Morgan fingerprint density at radius 2 is 2.08 bits per heavy atom. The molecule has 0 aliphatic carbocycles. The number of nitrogens with zero attached hydrogens (tertiary/aromatic N) is 3. The quantitative estimate of drug-likeness (QED) is 0.643. The Morgan fingerprint density at radius 1 is 1.28 bits per heavy atom. The first-order valence-corrected chi connectivity index (χ1v) is 8.77. The summed E-state index contributed by atoms with van der Waals surface area (Å²) in [5.41, 5.74) is 5.06. The SMILES string of the molecule is CC[NH+]1CCN(c2ccc(/C(C)=N\Nc3ccccn3)cc2F)CC1. The summed E-state index contributed by atoms with van der Waals surface area (Å²) in [7, 11) is 0. The smallest absolute Gasteiger partial charge is 0.147 e. The van der Waals surface area contributed by atoms with Crippen molar-refractivity contribution in [1.82, 2.24) is 4.98 Å². The largest absolute Gasteiger partial charge is 0.358 e. The average molecular weight is 342 g/mol. The number of rotatable bonds is 5. The van der Waals surface area contributed by atoms with Crippen LogP contribution in [0, 0.1) is 5.82 Å². The molecule has 0 unspecified atom stereocenters. The molecule has 0 spiro atoms. The van der Waals surface area contributed by atoms with Crippen LogP contribution in [0.3, 0.4) is 0 Å². The van der Waals surface area contributed by atoms with Gasteiger partial charge in [0.25, 0.3) is 0 Å². The van der Waals surface area contributed by atoms with Crippen LogP contribution in [-0.2, 0) is 0 Å². The lowest BCUT2D eigenvalue weighted by Gasteiger charge is -2.33. The Kier molecular flexibility index (Phi) is 5.60. The van der Waals surface area contributed by atoms with E-state index in [1.54, 1.807) is 17.2 Å². The molecule has 0 radical (unpaired) electrons. The molecule has 0 amide bonds. The number of piperazine rings is 1. The number of nitrogens with one attached hydrogen (secondary N) is 2. The molecule has 3 rings (SSSR count). The second kappa shape index (κ2) is 8.07. The van der Waals surface area contributed by atoms with Crippen molar-refractivity contribution in [3.8, 4) is 0 Å². The first-order chi connectivity index (χ1) is 12.2. The van der Waals surface area contributed by atoms with Gasteiger partial charge in [-0.2, -0.15) is 5.10 Å². The van der Waals surface area contributed by atoms with Gasteiger partial charge in [0, 0.05) is 11.8 Å². The standard InChI is InChI=1S/C19H24FN5/c1-3-24-10-12-25(13-11-24)18-8-7-16(14-17(18)20)15(2)22-23-19-6-4-5-9-21-19/h4-9,14H,3,10-13H2,1-2H3,(H,21,23)/p+1/b22-15-. The predicted molar refractivity (Wildman–Crippen MR) is 99.9 cm³/mol. The first kappa shape index (κ1) is 17.4. The molecular weight excluding hydrogens is 317 g/mol. The Balaban J connectivity index is 1.69. The summed E-state index contributed by atoms with van der Waals surface area (Å²) in [6.07, 6.45) is 1.70. The van der Waals surface area contributed by atoms with Crippen molar-refractivity contribution in [3.63, 3.8) is 0 Å². The number of hydrogen-bond acceptors (Lipinski definition) is 4. The number of halogens is 1. The van der Waals surface area contributed by atoms with E-state index in [-0.39, 0.29) is 5.82 Å². The predicted octanol–water partition coefficient (Wildman–Crippen LogP) is 1.78. The minimum atomic E-state index is -0.190. The summed E-state index contributed by atoms with van der Waals surface area (Å²) in [5.74, 6) is 0.472. The molecule has 132 valence electrons. The highest BCUT2D eigenvalue weighted by Gasteiger charge is 2.21. The highest BCUT2D eigenvalue weighted by Crippen LogP contribution is 2.21. The average Bonchev–Trinajstić information content (AvgIpc) is 2.67. The minimum absolute atomic E-state index is 0.190. The maximum absolute atomic E-state index is 14.6. The van der Waals surface area contributed by atoms with Crippen LogP contribution >= 0.6 is 0 Å². The lowest BCUT2D eigenvalue weighted by Crippen LogP contribution is -3.14. The molecule has 0 atom stereocenters. The maximum atomic E-state index is 14.6. The van der Waals surface area contributed by atoms with Crippen molar-refractivity contribution in [2.45, 2.75) is 13.8 Å². The lowest BCUT2D eigenvalue weighted by molar-refractivity contribution is -0.898. The monoisotopic (exact) mass is 342 g/mol. The third kappa shape index (κ3) is 4.33. The van der Waals surface area contributed by atoms with Crippen LogP contribution in [0.5, 0.6) is 0 Å². The number of benzene rings is 1. The van der Waals surface area contributed by atoms with Gasteiger partial charge in [-0.15, -0.1) is 0 Å². The van der Waals surface area contributed by atoms with Crippen molar-refractivity contribution >= 4 is 17.2 Å². The van der Waals surface area contributed by atoms with E-state index in [1.165, 1.54) is 0 Å². The summed E-state index contributed by atoms with van der Waals surface area (Å²) in [6, 6.07) is 10.9. The third-order valence-corrected chi connectivity index (χ3v) is 4.68. The Hall–Kier alpha value is -2.47. The summed E-state index contributed by atoms with van der Waals surface area (Å²) < 4.78 is 14.6. The zero-order valence-corrected chi connectivity index (χ0v) is 14.8. The molecular formula is C19H25FN5+. The molecule has 1 saturated heterocycles. The highest BCUT2D eigenvalue weighted by molar-refractivity contribution is 5.99. The number of likely N-dealkylation sites (N-methyl/N-ethyl adjacent to an activating group) is 1. The molecule has 6 heteroatoms. The molecule has 1 fully saturated rings. The fourth-order valence-electron chi connectivity index (χ4n) is 3.04. The van der Waals surface area contributed by atoms with E-state index in [4.69, 9.17) is 0 Å². The van der Waals surface area contributed by atoms with Gasteiger partial charge in [0.05, 0.1) is 44.1 Å². The molecule has 1 aromatic heterocycles. The van der Waals surface area contributed by atoms with Crippen LogP contribution in [0.4, 0.5) is 15.9 Å². The van der Waals surface area contributed by atoms with Crippen molar-refractivity contribution in [3.05, 3.63) is 54.0 Å². The first-order valence-electron chi connectivity index (χ1n) is 8.77. The number of hydrogen-bond donors (Lipinski definition) is 2. The van der Waals surface area contributed by atoms with Crippen LogP contribution in [0.15, 0.2) is 47.7 Å². The molecule has 1 aliphatic heterocycles. The Labute approximate surface area is 148 Å². The molecule has 2 aromatic rings. The van der Waals surface area contributed by atoms with Crippen LogP contribution < -0.4 is 15.2 Å². The van der Waals surface area contributed by atoms with E-state index in [1.807, 2.05) is 37.3 Å². The summed E-state index contributed by atoms with van der Waals surface area (Å²) >= 11 is 0. The van der Waals surface area contributed by atoms with E-state index in [0.717, 1.165) is 44.0 Å². The number of anilines is 2. The van der Waals surface area contributed by atoms with Crippen LogP contribution in [-0.4, -0.2) is 43.4 Å². The van der Waals surface area contributed by atoms with Gasteiger partial charge in [-0.05, 0) is 38.1 Å². The number of pyridine rings is 1. The number of quaternary nitrogens is 1. The van der Waals surface area contributed by atoms with Gasteiger partial charge in [0.1, 0.15) is 11.6 Å². The van der Waals surface area contributed by atoms with Gasteiger partial charge in [-0.1, -0.05) is 12.1 Å². The molecule has 25 heavy (non-hydrogen) atoms. The summed E-state index contributed by atoms with van der Waals surface area (Å²) in [5, 5.41) is 4.29. The van der Waals surface area contributed by atoms with Gasteiger partial charge in [-0.25, -0.2) is 9.37 Å². The van der Waals surface area contributed by atoms with E-state index in [0.29, 0.717) is 11.5 Å². The second-order valence-corrected chi connectivity index (χ2v) is 6.28. The molecule has 0 saturated carbocycles. The lowest BCUT2D eigenvalue weighted by atomic mass is 10.1. The molecule has 2 heterocycles. The van der Waals surface area contributed by atoms with Crippen LogP contribution in [0.25, 0.3) is 0 Å². The normalized spacial score (nSPS) is 16.1. The Morgan fingerprint density at radius 3 is 2.72 bits per heavy atom. The van der Waals surface area contributed by atoms with E-state index in [2.05, 4.69) is 27.3 Å². The van der Waals surface area contributed by atoms with E-state index >= 15 is 0 Å². The fourth-order valence-corrected chi connectivity index (χ4v) is 3.04. The van der Waals surface area contributed by atoms with Gasteiger partial charge in [0.2, 0.25) is 0 Å². The topological polar surface area (TPSA) is 45.0 Å². The number of hydrazone groups is 1. The zero-order valence-electron chi connectivity index (χ0n) is 14.8. The molecule has 1 aromatic carbocycles. The highest BCUT2D eigenvalue weighted by atomic mass is 19.1. The van der Waals surface area contributed by atoms with Crippen molar-refractivity contribution < 1.29 is 9.29 Å².